The molecule has 0 saturated carbocycles. The van der Waals surface area contributed by atoms with Gasteiger partial charge in [0.05, 0.1) is 5.56 Å². The van der Waals surface area contributed by atoms with E-state index in [1.165, 1.54) is 6.07 Å². The average Bonchev–Trinajstić information content (AvgIpc) is 3.10. The number of hydrogen-bond donors (Lipinski definition) is 1. The first kappa shape index (κ1) is 18.9. The first-order chi connectivity index (χ1) is 12.8. The molecule has 3 aromatic rings. The van der Waals surface area contributed by atoms with Crippen molar-refractivity contribution in [1.29, 1.82) is 0 Å². The largest absolute Gasteiger partial charge is 0.421 e. The smallest absolute Gasteiger partial charge is 0.416 e. The van der Waals surface area contributed by atoms with Crippen molar-refractivity contribution in [2.24, 2.45) is 0 Å². The first-order valence-corrected chi connectivity index (χ1v) is 8.24. The number of carbonyl (C=O) groups is 1. The van der Waals surface area contributed by atoms with Crippen molar-refractivity contribution in [3.8, 4) is 11.5 Å². The summed E-state index contributed by atoms with van der Waals surface area (Å²) < 4.78 is 43.9. The number of hydrogen-bond acceptors (Lipinski definition) is 4. The van der Waals surface area contributed by atoms with Gasteiger partial charge in [-0.25, -0.2) is 0 Å². The number of aromatic nitrogens is 2. The zero-order valence-electron chi connectivity index (χ0n) is 13.8. The molecule has 3 rings (SSSR count). The quantitative estimate of drug-likeness (QED) is 0.696. The Labute approximate surface area is 157 Å². The molecule has 27 heavy (non-hydrogen) atoms. The lowest BCUT2D eigenvalue weighted by Gasteiger charge is -2.10. The van der Waals surface area contributed by atoms with E-state index in [2.05, 4.69) is 15.5 Å². The number of halogens is 4. The summed E-state index contributed by atoms with van der Waals surface area (Å²) in [7, 11) is 0. The second-order valence-corrected chi connectivity index (χ2v) is 6.04. The SMILES string of the molecule is O=C(NCCc1nnc(-c2ccccc2)o1)c1cc(Cl)cc(C(F)(F)F)c1. The van der Waals surface area contributed by atoms with Crippen molar-refractivity contribution >= 4 is 17.5 Å². The van der Waals surface area contributed by atoms with Gasteiger partial charge in [-0.15, -0.1) is 10.2 Å². The summed E-state index contributed by atoms with van der Waals surface area (Å²) in [6.45, 7) is 0.114. The van der Waals surface area contributed by atoms with Crippen LogP contribution in [0.15, 0.2) is 52.9 Å². The fourth-order valence-electron chi connectivity index (χ4n) is 2.32. The van der Waals surface area contributed by atoms with Crippen LogP contribution in [0.3, 0.4) is 0 Å². The van der Waals surface area contributed by atoms with Gasteiger partial charge in [0, 0.05) is 29.1 Å². The van der Waals surface area contributed by atoms with Crippen LogP contribution in [0.5, 0.6) is 0 Å². The Morgan fingerprint density at radius 1 is 1.11 bits per heavy atom. The number of alkyl halides is 3. The average molecular weight is 396 g/mol. The molecular weight excluding hydrogens is 383 g/mol. The highest BCUT2D eigenvalue weighted by Crippen LogP contribution is 2.31. The number of carbonyl (C=O) groups excluding carboxylic acids is 1. The van der Waals surface area contributed by atoms with E-state index in [-0.39, 0.29) is 23.6 Å². The normalized spacial score (nSPS) is 11.4. The maximum Gasteiger partial charge on any atom is 0.416 e. The van der Waals surface area contributed by atoms with Crippen molar-refractivity contribution in [3.63, 3.8) is 0 Å². The third-order valence-electron chi connectivity index (χ3n) is 3.60. The van der Waals surface area contributed by atoms with Gasteiger partial charge in [-0.1, -0.05) is 29.8 Å². The van der Waals surface area contributed by atoms with Crippen LogP contribution in [0.4, 0.5) is 13.2 Å². The Hall–Kier alpha value is -2.87. The maximum absolute atomic E-state index is 12.8. The Balaban J connectivity index is 1.61. The van der Waals surface area contributed by atoms with Gasteiger partial charge in [0.2, 0.25) is 11.8 Å². The molecule has 1 N–H and O–H groups in total. The van der Waals surface area contributed by atoms with Gasteiger partial charge in [-0.05, 0) is 30.3 Å². The summed E-state index contributed by atoms with van der Waals surface area (Å²) >= 11 is 5.68. The first-order valence-electron chi connectivity index (χ1n) is 7.87. The predicted molar refractivity (Wildman–Crippen MR) is 92.2 cm³/mol. The van der Waals surface area contributed by atoms with E-state index >= 15 is 0 Å². The molecule has 0 saturated heterocycles. The number of rotatable bonds is 5. The molecule has 0 bridgehead atoms. The summed E-state index contributed by atoms with van der Waals surface area (Å²) in [5, 5.41) is 10.1. The van der Waals surface area contributed by atoms with Crippen LogP contribution in [0.1, 0.15) is 21.8 Å². The molecule has 2 aromatic carbocycles. The fraction of sp³-hybridized carbons (Fsp3) is 0.167. The lowest BCUT2D eigenvalue weighted by Crippen LogP contribution is -2.26. The van der Waals surface area contributed by atoms with Crippen molar-refractivity contribution in [2.75, 3.05) is 6.54 Å². The van der Waals surface area contributed by atoms with Gasteiger partial charge < -0.3 is 9.73 Å². The molecule has 0 spiro atoms. The topological polar surface area (TPSA) is 68.0 Å². The minimum atomic E-state index is -4.59. The van der Waals surface area contributed by atoms with Gasteiger partial charge >= 0.3 is 6.18 Å². The van der Waals surface area contributed by atoms with Gasteiger partial charge in [-0.3, -0.25) is 4.79 Å². The Kier molecular flexibility index (Phi) is 5.46. The molecule has 140 valence electrons. The van der Waals surface area contributed by atoms with E-state index in [0.29, 0.717) is 11.8 Å². The number of amides is 1. The molecule has 0 aliphatic rings. The summed E-state index contributed by atoms with van der Waals surface area (Å²) in [4.78, 5) is 12.1. The highest BCUT2D eigenvalue weighted by Gasteiger charge is 2.31. The molecule has 0 atom stereocenters. The lowest BCUT2D eigenvalue weighted by molar-refractivity contribution is -0.137. The zero-order chi connectivity index (χ0) is 19.4. The van der Waals surface area contributed by atoms with Crippen molar-refractivity contribution in [2.45, 2.75) is 12.6 Å². The standard InChI is InChI=1S/C18H13ClF3N3O2/c19-14-9-12(8-13(10-14)18(20,21)22)16(26)23-7-6-15-24-25-17(27-15)11-4-2-1-3-5-11/h1-5,8-10H,6-7H2,(H,23,26). The minimum absolute atomic E-state index is 0.114. The van der Waals surface area contributed by atoms with Crippen molar-refractivity contribution < 1.29 is 22.4 Å². The second kappa shape index (κ2) is 7.79. The van der Waals surface area contributed by atoms with Crippen LogP contribution in [-0.4, -0.2) is 22.6 Å². The lowest BCUT2D eigenvalue weighted by atomic mass is 10.1. The van der Waals surface area contributed by atoms with E-state index in [9.17, 15) is 18.0 Å². The predicted octanol–water partition coefficient (Wildman–Crippen LogP) is 4.38. The van der Waals surface area contributed by atoms with Crippen LogP contribution in [0, 0.1) is 0 Å². The molecule has 0 aliphatic heterocycles. The molecule has 0 unspecified atom stereocenters. The van der Waals surface area contributed by atoms with Gasteiger partial charge in [0.1, 0.15) is 0 Å². The molecule has 0 radical (unpaired) electrons. The molecule has 9 heteroatoms. The van der Waals surface area contributed by atoms with E-state index < -0.39 is 17.6 Å². The van der Waals surface area contributed by atoms with Gasteiger partial charge in [0.15, 0.2) is 0 Å². The molecule has 1 amide bonds. The monoisotopic (exact) mass is 395 g/mol. The Morgan fingerprint density at radius 3 is 2.56 bits per heavy atom. The maximum atomic E-state index is 12.8. The second-order valence-electron chi connectivity index (χ2n) is 5.60. The zero-order valence-corrected chi connectivity index (χ0v) is 14.5. The van der Waals surface area contributed by atoms with Crippen molar-refractivity contribution in [3.05, 3.63) is 70.6 Å². The van der Waals surface area contributed by atoms with Crippen molar-refractivity contribution in [1.82, 2.24) is 15.5 Å². The highest BCUT2D eigenvalue weighted by atomic mass is 35.5. The van der Waals surface area contributed by atoms with Gasteiger partial charge in [-0.2, -0.15) is 13.2 Å². The summed E-state index contributed by atoms with van der Waals surface area (Å²) in [5.41, 5.74) is -0.395. The van der Waals surface area contributed by atoms with Crippen LogP contribution >= 0.6 is 11.6 Å². The number of nitrogens with zero attached hydrogens (tertiary/aromatic N) is 2. The van der Waals surface area contributed by atoms with Crippen LogP contribution in [0.25, 0.3) is 11.5 Å². The number of nitrogens with one attached hydrogen (secondary N) is 1. The number of benzene rings is 2. The van der Waals surface area contributed by atoms with E-state index in [1.807, 2.05) is 30.3 Å². The van der Waals surface area contributed by atoms with Gasteiger partial charge in [0.25, 0.3) is 5.91 Å². The Bertz CT molecular complexity index is 943. The van der Waals surface area contributed by atoms with E-state index in [0.717, 1.165) is 17.7 Å². The molecule has 1 aromatic heterocycles. The third-order valence-corrected chi connectivity index (χ3v) is 3.82. The highest BCUT2D eigenvalue weighted by molar-refractivity contribution is 6.31. The van der Waals surface area contributed by atoms with E-state index in [1.54, 1.807) is 0 Å². The molecular formula is C18H13ClF3N3O2. The van der Waals surface area contributed by atoms with Crippen LogP contribution in [0.2, 0.25) is 5.02 Å². The molecule has 0 aliphatic carbocycles. The molecule has 0 fully saturated rings. The summed E-state index contributed by atoms with van der Waals surface area (Å²) in [6.07, 6.45) is -4.35. The fourth-order valence-corrected chi connectivity index (χ4v) is 2.56. The Morgan fingerprint density at radius 2 is 1.85 bits per heavy atom. The molecule has 1 heterocycles. The molecule has 5 nitrogen and oxygen atoms in total. The summed E-state index contributed by atoms with van der Waals surface area (Å²) in [5.74, 6) is -0.0244. The third kappa shape index (κ3) is 4.85. The van der Waals surface area contributed by atoms with Crippen LogP contribution in [-0.2, 0) is 12.6 Å². The van der Waals surface area contributed by atoms with Crippen LogP contribution < -0.4 is 5.32 Å². The summed E-state index contributed by atoms with van der Waals surface area (Å²) in [6, 6.07) is 11.8. The minimum Gasteiger partial charge on any atom is -0.421 e. The van der Waals surface area contributed by atoms with E-state index in [4.69, 9.17) is 16.0 Å².